The molecular formula is C82H120FN11O6. The number of amides is 4. The number of pyridine rings is 1. The van der Waals surface area contributed by atoms with E-state index < -0.39 is 5.60 Å². The van der Waals surface area contributed by atoms with Crippen LogP contribution in [0.5, 0.6) is 5.75 Å². The maximum atomic E-state index is 15.2. The molecule has 546 valence electrons. The number of fused-ring (bicyclic) bond motifs is 3. The van der Waals surface area contributed by atoms with Crippen molar-refractivity contribution < 1.29 is 33.0 Å². The van der Waals surface area contributed by atoms with Gasteiger partial charge in [0.25, 0.3) is 0 Å². The number of nitrogens with zero attached hydrogens (tertiary/aromatic N) is 11. The number of hydrogen-bond acceptors (Lipinski definition) is 10. The monoisotopic (exact) mass is 1370 g/mol. The van der Waals surface area contributed by atoms with Gasteiger partial charge in [-0.15, -0.1) is 0 Å². The van der Waals surface area contributed by atoms with Crippen molar-refractivity contribution in [2.24, 2.45) is 35.5 Å². The van der Waals surface area contributed by atoms with Crippen molar-refractivity contribution in [2.45, 2.75) is 296 Å². The van der Waals surface area contributed by atoms with E-state index >= 15 is 9.18 Å². The fourth-order valence-corrected chi connectivity index (χ4v) is 20.2. The Morgan fingerprint density at radius 1 is 0.530 bits per heavy atom. The number of aromatic nitrogens is 7. The molecule has 12 rings (SSSR count). The summed E-state index contributed by atoms with van der Waals surface area (Å²) < 4.78 is 33.9. The van der Waals surface area contributed by atoms with Crippen LogP contribution in [0.2, 0.25) is 0 Å². The quantitative estimate of drug-likeness (QED) is 0.0538. The zero-order chi connectivity index (χ0) is 70.2. The summed E-state index contributed by atoms with van der Waals surface area (Å²) in [6.07, 6.45) is 31.9. The third-order valence-electron chi connectivity index (χ3n) is 25.0. The number of aryl methyl sites for hydroxylation is 3. The van der Waals surface area contributed by atoms with Crippen LogP contribution in [-0.4, -0.2) is 141 Å². The van der Waals surface area contributed by atoms with Crippen molar-refractivity contribution in [3.8, 4) is 5.75 Å². The van der Waals surface area contributed by atoms with Gasteiger partial charge in [-0.25, -0.2) is 24.1 Å². The van der Waals surface area contributed by atoms with Crippen LogP contribution in [0.25, 0.3) is 33.1 Å². The zero-order valence-electron chi connectivity index (χ0n) is 62.3. The Labute approximate surface area is 595 Å². The molecule has 6 fully saturated rings. The predicted molar refractivity (Wildman–Crippen MR) is 395 cm³/mol. The Morgan fingerprint density at radius 2 is 1.09 bits per heavy atom. The van der Waals surface area contributed by atoms with Gasteiger partial charge in [0.1, 0.15) is 40.2 Å². The van der Waals surface area contributed by atoms with E-state index in [0.29, 0.717) is 101 Å². The van der Waals surface area contributed by atoms with Gasteiger partial charge in [-0.3, -0.25) is 19.4 Å². The third-order valence-corrected chi connectivity index (χ3v) is 25.0. The van der Waals surface area contributed by atoms with Crippen LogP contribution in [0.4, 0.5) is 9.18 Å². The fourth-order valence-electron chi connectivity index (χ4n) is 20.2. The molecule has 1 saturated heterocycles. The number of halogens is 1. The number of benzene rings is 2. The molecule has 0 radical (unpaired) electrons. The lowest BCUT2D eigenvalue weighted by Gasteiger charge is -2.45. The summed E-state index contributed by atoms with van der Waals surface area (Å²) in [4.78, 5) is 87.1. The van der Waals surface area contributed by atoms with Crippen molar-refractivity contribution in [1.82, 2.24) is 53.2 Å². The Morgan fingerprint density at radius 3 is 1.73 bits per heavy atom. The molecule has 5 saturated carbocycles. The van der Waals surface area contributed by atoms with Gasteiger partial charge in [0.05, 0.1) is 40.9 Å². The highest BCUT2D eigenvalue weighted by molar-refractivity contribution is 5.81. The second-order valence-electron chi connectivity index (χ2n) is 32.3. The minimum atomic E-state index is -0.700. The van der Waals surface area contributed by atoms with E-state index in [-0.39, 0.29) is 71.4 Å². The van der Waals surface area contributed by atoms with Gasteiger partial charge in [0.15, 0.2) is 0 Å². The fraction of sp³-hybridized carbons (Fsp3) is 0.707. The smallest absolute Gasteiger partial charge is 0.410 e. The molecule has 4 amide bonds. The van der Waals surface area contributed by atoms with Crippen molar-refractivity contribution >= 4 is 56.9 Å². The van der Waals surface area contributed by atoms with E-state index in [4.69, 9.17) is 24.4 Å². The first-order chi connectivity index (χ1) is 48.5. The molecule has 5 unspecified atom stereocenters. The van der Waals surface area contributed by atoms with Crippen molar-refractivity contribution in [1.29, 1.82) is 0 Å². The molecule has 6 aliphatic rings. The Hall–Kier alpha value is -6.59. The first-order valence-electron chi connectivity index (χ1n) is 39.8. The second kappa shape index (κ2) is 33.2. The van der Waals surface area contributed by atoms with Gasteiger partial charge in [-0.05, 0) is 217 Å². The summed E-state index contributed by atoms with van der Waals surface area (Å²) in [7, 11) is 1.71. The molecule has 5 aliphatic carbocycles. The number of rotatable bonds is 25. The summed E-state index contributed by atoms with van der Waals surface area (Å²) in [5, 5.41) is 0. The van der Waals surface area contributed by atoms with E-state index in [1.54, 1.807) is 13.2 Å². The molecule has 6 aromatic rings. The number of hydrogen-bond donors (Lipinski definition) is 0. The largest absolute Gasteiger partial charge is 0.497 e. The standard InChI is InChI=1S/C82H120FN11O6/c1-10-19-55-25-28-58(29-26-55)78-87-71-52-84-43-39-74(71)93(78)45-41-76(96)90(13-4)64-33-30-57(31-34-64)68-47-56(20-11-2)27-36-67(68)80-86-70-51-66(99-9)35-38-73(70)94(80)46-42-77(97)91(14-5)65-24-18-21-59(49-65)60-48-61(54-88(53-60)81(98)100-82(6,7)8)79-85-69-50-62(83)32-37-72(69)92(79)44-40-75(95)89(12-3)63-22-16-15-17-23-63/h32,35,37-39,43,50-52,55-61,63-65,67-68H,10-31,33-34,36,40-42,44-49,53-54H2,1-9H3/t55-,56-,57?,58-,59?,60?,61?,64?,65?,67-,68?/m0/s1. The molecule has 18 heteroatoms. The average molecular weight is 1370 g/mol. The third kappa shape index (κ3) is 16.7. The molecule has 5 heterocycles. The molecule has 7 atom stereocenters. The number of methoxy groups -OCH3 is 1. The number of ether oxygens (including phenoxy) is 2. The molecule has 2 aromatic carbocycles. The van der Waals surface area contributed by atoms with Crippen molar-refractivity contribution in [3.63, 3.8) is 0 Å². The van der Waals surface area contributed by atoms with Crippen LogP contribution in [0.3, 0.4) is 0 Å². The maximum Gasteiger partial charge on any atom is 0.410 e. The predicted octanol–water partition coefficient (Wildman–Crippen LogP) is 17.6. The van der Waals surface area contributed by atoms with Gasteiger partial charge in [0, 0.05) is 126 Å². The van der Waals surface area contributed by atoms with E-state index in [0.717, 1.165) is 159 Å². The molecule has 0 spiro atoms. The minimum absolute atomic E-state index is 0.0407. The number of carbonyl (C=O) groups excluding carboxylic acids is 4. The Bertz CT molecular complexity index is 3720. The molecule has 100 heavy (non-hydrogen) atoms. The highest BCUT2D eigenvalue weighted by Gasteiger charge is 2.44. The topological polar surface area (TPSA) is 166 Å². The first kappa shape index (κ1) is 73.2. The van der Waals surface area contributed by atoms with E-state index in [9.17, 15) is 14.4 Å². The van der Waals surface area contributed by atoms with Crippen LogP contribution in [0, 0.1) is 41.3 Å². The summed E-state index contributed by atoms with van der Waals surface area (Å²) in [5.74, 6) is 7.18. The lowest BCUT2D eigenvalue weighted by atomic mass is 9.64. The van der Waals surface area contributed by atoms with Gasteiger partial charge in [-0.1, -0.05) is 65.2 Å². The van der Waals surface area contributed by atoms with Crippen molar-refractivity contribution in [2.75, 3.05) is 39.8 Å². The van der Waals surface area contributed by atoms with Gasteiger partial charge in [-0.2, -0.15) is 0 Å². The summed E-state index contributed by atoms with van der Waals surface area (Å²) in [5.41, 5.74) is 4.62. The highest BCUT2D eigenvalue weighted by atomic mass is 19.1. The van der Waals surface area contributed by atoms with Crippen LogP contribution in [0.1, 0.15) is 270 Å². The van der Waals surface area contributed by atoms with E-state index in [1.807, 2.05) is 44.1 Å². The zero-order valence-corrected chi connectivity index (χ0v) is 62.3. The number of carbonyl (C=O) groups is 4. The van der Waals surface area contributed by atoms with Gasteiger partial charge < -0.3 is 42.8 Å². The molecule has 17 nitrogen and oxygen atoms in total. The SMILES string of the molecule is CCC[C@H]1CC[C@H](c2nc3cc(OC)ccc3n2CCC(=O)N(CC)C2CCCC(C3CC(c4nc5cc(F)ccc5n4CCC(=O)N(CC)C4CCCCC4)CN(C(=O)OC(C)(C)C)C3)C2)C(C2CCC(N(CC)C(=O)CCn3c4ccncc4nc3[C@H]3CC[C@H](CCC)CC3)CC2)C1. The van der Waals surface area contributed by atoms with Crippen LogP contribution in [-0.2, 0) is 38.8 Å². The van der Waals surface area contributed by atoms with E-state index in [2.05, 4.69) is 86.2 Å². The maximum absolute atomic E-state index is 15.2. The Kier molecular flexibility index (Phi) is 24.3. The lowest BCUT2D eigenvalue weighted by molar-refractivity contribution is -0.135. The molecule has 4 aromatic heterocycles. The normalized spacial score (nSPS) is 25.7. The van der Waals surface area contributed by atoms with Gasteiger partial charge >= 0.3 is 6.09 Å². The van der Waals surface area contributed by atoms with Crippen LogP contribution in [0.15, 0.2) is 54.9 Å². The van der Waals surface area contributed by atoms with Gasteiger partial charge in [0.2, 0.25) is 17.7 Å². The second-order valence-corrected chi connectivity index (χ2v) is 32.3. The molecule has 1 aliphatic heterocycles. The van der Waals surface area contributed by atoms with Crippen LogP contribution < -0.4 is 4.74 Å². The number of likely N-dealkylation sites (tertiary alicyclic amines) is 1. The average Bonchev–Trinajstić information content (AvgIpc) is 1.60. The summed E-state index contributed by atoms with van der Waals surface area (Å²) in [6.45, 7) is 21.2. The molecule has 0 bridgehead atoms. The highest BCUT2D eigenvalue weighted by Crippen LogP contribution is 2.51. The lowest BCUT2D eigenvalue weighted by Crippen LogP contribution is -2.49. The summed E-state index contributed by atoms with van der Waals surface area (Å²) in [6, 6.07) is 13.6. The number of imidazole rings is 3. The molecule has 0 N–H and O–H groups in total. The van der Waals surface area contributed by atoms with Crippen LogP contribution >= 0.6 is 0 Å². The van der Waals surface area contributed by atoms with E-state index in [1.165, 1.54) is 69.9 Å². The number of piperidine rings is 1. The Balaban J connectivity index is 0.738. The molecular weight excluding hydrogens is 1250 g/mol. The summed E-state index contributed by atoms with van der Waals surface area (Å²) >= 11 is 0. The first-order valence-corrected chi connectivity index (χ1v) is 39.8. The van der Waals surface area contributed by atoms with Crippen molar-refractivity contribution in [3.05, 3.63) is 78.1 Å². The minimum Gasteiger partial charge on any atom is -0.497 e.